The van der Waals surface area contributed by atoms with E-state index in [1.807, 2.05) is 6.92 Å². The average Bonchev–Trinajstić information content (AvgIpc) is 2.73. The van der Waals surface area contributed by atoms with E-state index in [1.54, 1.807) is 18.2 Å². The predicted molar refractivity (Wildman–Crippen MR) is 65.4 cm³/mol. The molecule has 0 spiro atoms. The first-order valence-corrected chi connectivity index (χ1v) is 7.22. The summed E-state index contributed by atoms with van der Waals surface area (Å²) in [4.78, 5) is 11.9. The second-order valence-electron chi connectivity index (χ2n) is 4.02. The Bertz CT molecular complexity index is 526. The van der Waals surface area contributed by atoms with Gasteiger partial charge in [-0.1, -0.05) is 18.2 Å². The van der Waals surface area contributed by atoms with Crippen LogP contribution in [0, 0.1) is 0 Å². The highest BCUT2D eigenvalue weighted by Crippen LogP contribution is 2.23. The van der Waals surface area contributed by atoms with E-state index in [-0.39, 0.29) is 24.0 Å². The molecule has 5 nitrogen and oxygen atoms in total. The molecule has 2 rings (SSSR count). The molecule has 98 valence electrons. The van der Waals surface area contributed by atoms with Gasteiger partial charge in [0.1, 0.15) is 0 Å². The number of rotatable bonds is 4. The summed E-state index contributed by atoms with van der Waals surface area (Å²) in [5.74, 6) is -0.405. The van der Waals surface area contributed by atoms with Crippen molar-refractivity contribution in [3.05, 3.63) is 30.3 Å². The quantitative estimate of drug-likeness (QED) is 0.818. The van der Waals surface area contributed by atoms with Crippen LogP contribution < -0.4 is 0 Å². The maximum atomic E-state index is 12.2. The molecule has 0 saturated carbocycles. The largest absolute Gasteiger partial charge is 0.376 e. The van der Waals surface area contributed by atoms with E-state index in [9.17, 15) is 13.2 Å². The molecule has 1 atom stereocenters. The van der Waals surface area contributed by atoms with Gasteiger partial charge in [0.05, 0.1) is 24.0 Å². The number of sulfonamides is 1. The van der Waals surface area contributed by atoms with E-state index in [1.165, 1.54) is 12.1 Å². The summed E-state index contributed by atoms with van der Waals surface area (Å²) in [6.07, 6.45) is -0.208. The van der Waals surface area contributed by atoms with Crippen LogP contribution in [0.25, 0.3) is 0 Å². The Labute approximate surface area is 106 Å². The third-order valence-electron chi connectivity index (χ3n) is 2.78. The van der Waals surface area contributed by atoms with Gasteiger partial charge in [-0.15, -0.1) is 0 Å². The normalized spacial score (nSPS) is 20.4. The van der Waals surface area contributed by atoms with Crippen molar-refractivity contribution >= 4 is 15.9 Å². The summed E-state index contributed by atoms with van der Waals surface area (Å²) < 4.78 is 30.7. The predicted octanol–water partition coefficient (Wildman–Crippen LogP) is 1.01. The lowest BCUT2D eigenvalue weighted by molar-refractivity contribution is -0.124. The molecule has 1 saturated heterocycles. The molecule has 0 N–H and O–H groups in total. The van der Waals surface area contributed by atoms with E-state index in [2.05, 4.69) is 0 Å². The number of carbonyl (C=O) groups excluding carboxylic acids is 1. The lowest BCUT2D eigenvalue weighted by atomic mass is 10.3. The second-order valence-corrected chi connectivity index (χ2v) is 5.89. The summed E-state index contributed by atoms with van der Waals surface area (Å²) in [5.41, 5.74) is 0. The molecule has 1 amide bonds. The van der Waals surface area contributed by atoms with Gasteiger partial charge in [0.2, 0.25) is 5.91 Å². The van der Waals surface area contributed by atoms with Gasteiger partial charge in [-0.05, 0) is 19.1 Å². The summed E-state index contributed by atoms with van der Waals surface area (Å²) >= 11 is 0. The van der Waals surface area contributed by atoms with Crippen molar-refractivity contribution in [2.24, 2.45) is 0 Å². The molecule has 1 aromatic carbocycles. The molecule has 0 bridgehead atoms. The molecule has 1 aliphatic heterocycles. The fourth-order valence-electron chi connectivity index (χ4n) is 1.95. The zero-order chi connectivity index (χ0) is 13.2. The van der Waals surface area contributed by atoms with Crippen molar-refractivity contribution < 1.29 is 17.9 Å². The van der Waals surface area contributed by atoms with Crippen molar-refractivity contribution in [3.8, 4) is 0 Å². The van der Waals surface area contributed by atoms with Gasteiger partial charge in [0.15, 0.2) is 0 Å². The zero-order valence-corrected chi connectivity index (χ0v) is 10.9. The SMILES string of the molecule is CCOC1CC(=O)N(S(=O)(=O)c2ccccc2)C1. The van der Waals surface area contributed by atoms with Crippen LogP contribution in [0.15, 0.2) is 35.2 Å². The highest BCUT2D eigenvalue weighted by Gasteiger charge is 2.38. The topological polar surface area (TPSA) is 63.7 Å². The lowest BCUT2D eigenvalue weighted by Crippen LogP contribution is -2.33. The van der Waals surface area contributed by atoms with Gasteiger partial charge in [0, 0.05) is 6.61 Å². The van der Waals surface area contributed by atoms with Crippen molar-refractivity contribution in [2.45, 2.75) is 24.3 Å². The second kappa shape index (κ2) is 5.07. The van der Waals surface area contributed by atoms with Crippen LogP contribution in [0.4, 0.5) is 0 Å². The highest BCUT2D eigenvalue weighted by atomic mass is 32.2. The van der Waals surface area contributed by atoms with Crippen LogP contribution in [0.5, 0.6) is 0 Å². The Kier molecular flexibility index (Phi) is 3.68. The first-order valence-electron chi connectivity index (χ1n) is 5.78. The Morgan fingerprint density at radius 3 is 2.61 bits per heavy atom. The molecule has 0 aromatic heterocycles. The van der Waals surface area contributed by atoms with Crippen LogP contribution in [-0.4, -0.2) is 37.9 Å². The summed E-state index contributed by atoms with van der Waals surface area (Å²) in [6.45, 7) is 2.39. The molecule has 1 unspecified atom stereocenters. The van der Waals surface area contributed by atoms with Gasteiger partial charge < -0.3 is 4.74 Å². The molecule has 0 radical (unpaired) electrons. The summed E-state index contributed by atoms with van der Waals surface area (Å²) in [6, 6.07) is 7.96. The molecule has 6 heteroatoms. The Hall–Kier alpha value is -1.40. The molecule has 1 aromatic rings. The number of ether oxygens (including phenoxy) is 1. The average molecular weight is 269 g/mol. The van der Waals surface area contributed by atoms with Crippen LogP contribution in [0.3, 0.4) is 0 Å². The summed E-state index contributed by atoms with van der Waals surface area (Å²) in [7, 11) is -3.74. The Morgan fingerprint density at radius 2 is 2.00 bits per heavy atom. The minimum Gasteiger partial charge on any atom is -0.376 e. The van der Waals surface area contributed by atoms with Gasteiger partial charge in [0.25, 0.3) is 10.0 Å². The zero-order valence-electron chi connectivity index (χ0n) is 10.1. The standard InChI is InChI=1S/C12H15NO4S/c1-2-17-10-8-12(14)13(9-10)18(15,16)11-6-4-3-5-7-11/h3-7,10H,2,8-9H2,1H3. The number of amides is 1. The molecule has 18 heavy (non-hydrogen) atoms. The number of nitrogens with zero attached hydrogens (tertiary/aromatic N) is 1. The van der Waals surface area contributed by atoms with Crippen molar-refractivity contribution in [2.75, 3.05) is 13.2 Å². The third kappa shape index (κ3) is 2.39. The number of hydrogen-bond acceptors (Lipinski definition) is 4. The first kappa shape index (κ1) is 13.0. The van der Waals surface area contributed by atoms with Gasteiger partial charge in [-0.25, -0.2) is 12.7 Å². The van der Waals surface area contributed by atoms with Crippen molar-refractivity contribution in [3.63, 3.8) is 0 Å². The minimum atomic E-state index is -3.74. The fourth-order valence-corrected chi connectivity index (χ4v) is 3.41. The van der Waals surface area contributed by atoms with Crippen molar-refractivity contribution in [1.29, 1.82) is 0 Å². The fraction of sp³-hybridized carbons (Fsp3) is 0.417. The first-order chi connectivity index (χ1) is 8.55. The Balaban J connectivity index is 2.24. The van der Waals surface area contributed by atoms with E-state index >= 15 is 0 Å². The third-order valence-corrected chi connectivity index (χ3v) is 4.58. The van der Waals surface area contributed by atoms with Gasteiger partial charge in [-0.3, -0.25) is 4.79 Å². The minimum absolute atomic E-state index is 0.101. The van der Waals surface area contributed by atoms with E-state index < -0.39 is 15.9 Å². The molecular weight excluding hydrogens is 254 g/mol. The van der Waals surface area contributed by atoms with Crippen molar-refractivity contribution in [1.82, 2.24) is 4.31 Å². The van der Waals surface area contributed by atoms with Gasteiger partial charge >= 0.3 is 0 Å². The molecular formula is C12H15NO4S. The maximum absolute atomic E-state index is 12.2. The number of carbonyl (C=O) groups is 1. The lowest BCUT2D eigenvalue weighted by Gasteiger charge is -2.16. The monoisotopic (exact) mass is 269 g/mol. The smallest absolute Gasteiger partial charge is 0.266 e. The van der Waals surface area contributed by atoms with Gasteiger partial charge in [-0.2, -0.15) is 0 Å². The Morgan fingerprint density at radius 1 is 1.33 bits per heavy atom. The molecule has 1 heterocycles. The van der Waals surface area contributed by atoms with E-state index in [0.29, 0.717) is 6.61 Å². The summed E-state index contributed by atoms with van der Waals surface area (Å²) in [5, 5.41) is 0. The number of benzene rings is 1. The van der Waals surface area contributed by atoms with Crippen LogP contribution >= 0.6 is 0 Å². The maximum Gasteiger partial charge on any atom is 0.266 e. The number of hydrogen-bond donors (Lipinski definition) is 0. The van der Waals surface area contributed by atoms with E-state index in [0.717, 1.165) is 4.31 Å². The molecule has 1 fully saturated rings. The molecule has 1 aliphatic rings. The highest BCUT2D eigenvalue weighted by molar-refractivity contribution is 7.89. The van der Waals surface area contributed by atoms with Crippen LogP contribution in [0.2, 0.25) is 0 Å². The van der Waals surface area contributed by atoms with Crippen LogP contribution in [-0.2, 0) is 19.6 Å². The molecule has 0 aliphatic carbocycles. The van der Waals surface area contributed by atoms with Crippen LogP contribution in [0.1, 0.15) is 13.3 Å². The van der Waals surface area contributed by atoms with E-state index in [4.69, 9.17) is 4.74 Å².